The summed E-state index contributed by atoms with van der Waals surface area (Å²) in [6.45, 7) is 2.27. The maximum absolute atomic E-state index is 13.0. The second kappa shape index (κ2) is 10.8. The average molecular weight is 450 g/mol. The molecule has 3 N–H and O–H groups in total. The van der Waals surface area contributed by atoms with Crippen LogP contribution in [0.4, 0.5) is 4.79 Å². The molecule has 0 bridgehead atoms. The molecule has 2 aromatic rings. The molecule has 1 heterocycles. The van der Waals surface area contributed by atoms with Gasteiger partial charge < -0.3 is 15.7 Å². The second-order valence-corrected chi connectivity index (χ2v) is 9.42. The van der Waals surface area contributed by atoms with Gasteiger partial charge in [0.25, 0.3) is 0 Å². The first-order chi connectivity index (χ1) is 16.1. The summed E-state index contributed by atoms with van der Waals surface area (Å²) in [7, 11) is 0. The highest BCUT2D eigenvalue weighted by Gasteiger charge is 2.42. The van der Waals surface area contributed by atoms with Crippen LogP contribution in [0, 0.1) is 0 Å². The van der Waals surface area contributed by atoms with Gasteiger partial charge in [0.2, 0.25) is 5.91 Å². The van der Waals surface area contributed by atoms with E-state index in [0.29, 0.717) is 6.42 Å². The molecule has 2 fully saturated rings. The molecule has 6 nitrogen and oxygen atoms in total. The number of hydrogen-bond donors (Lipinski definition) is 3. The Hall–Kier alpha value is -2.86. The van der Waals surface area contributed by atoms with Crippen molar-refractivity contribution in [3.63, 3.8) is 0 Å². The summed E-state index contributed by atoms with van der Waals surface area (Å²) in [5.74, 6) is -0.239. The molecule has 1 unspecified atom stereocenters. The fourth-order valence-corrected chi connectivity index (χ4v) is 5.61. The minimum absolute atomic E-state index is 0.0334. The Kier molecular flexibility index (Phi) is 7.65. The Morgan fingerprint density at radius 3 is 2.15 bits per heavy atom. The summed E-state index contributed by atoms with van der Waals surface area (Å²) < 4.78 is 0. The molecule has 176 valence electrons. The highest BCUT2D eigenvalue weighted by molar-refractivity contribution is 5.85. The van der Waals surface area contributed by atoms with Crippen LogP contribution in [0.3, 0.4) is 0 Å². The molecule has 4 rings (SSSR count). The lowest BCUT2D eigenvalue weighted by atomic mass is 9.73. The molecule has 33 heavy (non-hydrogen) atoms. The van der Waals surface area contributed by atoms with Crippen LogP contribution >= 0.6 is 0 Å². The summed E-state index contributed by atoms with van der Waals surface area (Å²) in [4.78, 5) is 27.0. The Labute approximate surface area is 196 Å². The van der Waals surface area contributed by atoms with Crippen LogP contribution in [-0.4, -0.2) is 47.2 Å². The van der Waals surface area contributed by atoms with E-state index < -0.39 is 12.1 Å². The zero-order valence-corrected chi connectivity index (χ0v) is 19.2. The van der Waals surface area contributed by atoms with E-state index in [0.717, 1.165) is 44.3 Å². The topological polar surface area (TPSA) is 81.7 Å². The number of likely N-dealkylation sites (tertiary alicyclic amines) is 1. The average Bonchev–Trinajstić information content (AvgIpc) is 2.86. The predicted octanol–water partition coefficient (Wildman–Crippen LogP) is 4.31. The van der Waals surface area contributed by atoms with E-state index in [4.69, 9.17) is 0 Å². The molecule has 2 aliphatic rings. The number of nitrogens with one attached hydrogen (secondary N) is 2. The third-order valence-electron chi connectivity index (χ3n) is 7.33. The Morgan fingerprint density at radius 2 is 1.55 bits per heavy atom. The zero-order valence-electron chi connectivity index (χ0n) is 19.2. The molecule has 2 aromatic carbocycles. The Bertz CT molecular complexity index is 905. The van der Waals surface area contributed by atoms with Crippen molar-refractivity contribution >= 4 is 12.0 Å². The van der Waals surface area contributed by atoms with E-state index in [1.165, 1.54) is 24.8 Å². The van der Waals surface area contributed by atoms with E-state index in [9.17, 15) is 14.7 Å². The summed E-state index contributed by atoms with van der Waals surface area (Å²) in [5, 5.41) is 14.8. The molecular formula is C27H35N3O3. The molecule has 1 saturated heterocycles. The predicted molar refractivity (Wildman–Crippen MR) is 129 cm³/mol. The molecule has 1 saturated carbocycles. The molecule has 2 amide bonds. The SMILES string of the molecule is O=C(O)NC(Cc1ccccc1)C(=O)NC1CCC(c2ccccc2)(N2CCCCC2)CC1. The number of benzene rings is 2. The van der Waals surface area contributed by atoms with Crippen LogP contribution in [0.25, 0.3) is 0 Å². The van der Waals surface area contributed by atoms with Crippen LogP contribution in [0.15, 0.2) is 60.7 Å². The van der Waals surface area contributed by atoms with Crippen molar-refractivity contribution in [2.75, 3.05) is 13.1 Å². The fraction of sp³-hybridized carbons (Fsp3) is 0.481. The van der Waals surface area contributed by atoms with Gasteiger partial charge in [0.1, 0.15) is 6.04 Å². The maximum atomic E-state index is 13.0. The lowest BCUT2D eigenvalue weighted by Crippen LogP contribution is -2.55. The van der Waals surface area contributed by atoms with Crippen LogP contribution < -0.4 is 10.6 Å². The van der Waals surface area contributed by atoms with Gasteiger partial charge in [-0.2, -0.15) is 0 Å². The number of hydrogen-bond acceptors (Lipinski definition) is 3. The Balaban J connectivity index is 1.42. The first-order valence-corrected chi connectivity index (χ1v) is 12.2. The van der Waals surface area contributed by atoms with Crippen molar-refractivity contribution in [1.29, 1.82) is 0 Å². The van der Waals surface area contributed by atoms with Crippen LogP contribution in [0.1, 0.15) is 56.1 Å². The van der Waals surface area contributed by atoms with Gasteiger partial charge in [-0.05, 0) is 62.7 Å². The van der Waals surface area contributed by atoms with Crippen LogP contribution in [-0.2, 0) is 16.8 Å². The van der Waals surface area contributed by atoms with Crippen LogP contribution in [0.5, 0.6) is 0 Å². The van der Waals surface area contributed by atoms with Gasteiger partial charge in [0.05, 0.1) is 0 Å². The third-order valence-corrected chi connectivity index (χ3v) is 7.33. The number of rotatable bonds is 7. The number of amides is 2. The molecule has 0 spiro atoms. The fourth-order valence-electron chi connectivity index (χ4n) is 5.61. The second-order valence-electron chi connectivity index (χ2n) is 9.42. The van der Waals surface area contributed by atoms with Crippen molar-refractivity contribution in [3.8, 4) is 0 Å². The van der Waals surface area contributed by atoms with Crippen LogP contribution in [0.2, 0.25) is 0 Å². The highest BCUT2D eigenvalue weighted by Crippen LogP contribution is 2.43. The summed E-state index contributed by atoms with van der Waals surface area (Å²) in [5.41, 5.74) is 2.35. The molecule has 1 aliphatic carbocycles. The van der Waals surface area contributed by atoms with E-state index >= 15 is 0 Å². The van der Waals surface area contributed by atoms with E-state index in [1.54, 1.807) is 0 Å². The van der Waals surface area contributed by atoms with Crippen molar-refractivity contribution in [2.45, 2.75) is 69.0 Å². The lowest BCUT2D eigenvalue weighted by Gasteiger charge is -2.50. The van der Waals surface area contributed by atoms with Crippen molar-refractivity contribution in [3.05, 3.63) is 71.8 Å². The van der Waals surface area contributed by atoms with E-state index in [2.05, 4.69) is 45.9 Å². The normalized spacial score (nSPS) is 24.5. The first-order valence-electron chi connectivity index (χ1n) is 12.2. The molecule has 6 heteroatoms. The van der Waals surface area contributed by atoms with Gasteiger partial charge in [-0.15, -0.1) is 0 Å². The largest absolute Gasteiger partial charge is 0.465 e. The molecule has 1 aliphatic heterocycles. The maximum Gasteiger partial charge on any atom is 0.405 e. The lowest BCUT2D eigenvalue weighted by molar-refractivity contribution is -0.124. The number of carbonyl (C=O) groups is 2. The Morgan fingerprint density at radius 1 is 0.939 bits per heavy atom. The van der Waals surface area contributed by atoms with Gasteiger partial charge in [0.15, 0.2) is 0 Å². The molecule has 1 atom stereocenters. The minimum atomic E-state index is -1.18. The van der Waals surface area contributed by atoms with Gasteiger partial charge in [0, 0.05) is 18.0 Å². The van der Waals surface area contributed by atoms with Crippen molar-refractivity contribution in [1.82, 2.24) is 15.5 Å². The molecule has 0 aromatic heterocycles. The quantitative estimate of drug-likeness (QED) is 0.589. The first kappa shape index (κ1) is 23.3. The van der Waals surface area contributed by atoms with Gasteiger partial charge in [-0.25, -0.2) is 4.79 Å². The number of nitrogens with zero attached hydrogens (tertiary/aromatic N) is 1. The van der Waals surface area contributed by atoms with E-state index in [-0.39, 0.29) is 17.5 Å². The highest BCUT2D eigenvalue weighted by atomic mass is 16.4. The van der Waals surface area contributed by atoms with Crippen molar-refractivity contribution in [2.24, 2.45) is 0 Å². The summed E-state index contributed by atoms with van der Waals surface area (Å²) in [6.07, 6.45) is 6.74. The summed E-state index contributed by atoms with van der Waals surface area (Å²) in [6, 6.07) is 19.6. The zero-order chi connectivity index (χ0) is 23.1. The number of carbonyl (C=O) groups excluding carboxylic acids is 1. The molecular weight excluding hydrogens is 414 g/mol. The van der Waals surface area contributed by atoms with Crippen molar-refractivity contribution < 1.29 is 14.7 Å². The summed E-state index contributed by atoms with van der Waals surface area (Å²) >= 11 is 0. The number of piperidine rings is 1. The standard InChI is InChI=1S/C27H35N3O3/c31-25(24(29-26(32)33)20-21-10-4-1-5-11-21)28-23-14-16-27(17-15-23,22-12-6-2-7-13-22)30-18-8-3-9-19-30/h1-2,4-7,10-13,23-24,29H,3,8-9,14-20H2,(H,28,31)(H,32,33). The third kappa shape index (κ3) is 5.74. The smallest absolute Gasteiger partial charge is 0.405 e. The monoisotopic (exact) mass is 449 g/mol. The minimum Gasteiger partial charge on any atom is -0.465 e. The van der Waals surface area contributed by atoms with Gasteiger partial charge in [-0.1, -0.05) is 67.1 Å². The number of carboxylic acid groups (broad SMARTS) is 1. The van der Waals surface area contributed by atoms with Gasteiger partial charge >= 0.3 is 6.09 Å². The molecule has 0 radical (unpaired) electrons. The van der Waals surface area contributed by atoms with E-state index in [1.807, 2.05) is 30.3 Å². The van der Waals surface area contributed by atoms with Gasteiger partial charge in [-0.3, -0.25) is 9.69 Å².